The van der Waals surface area contributed by atoms with Gasteiger partial charge in [-0.3, -0.25) is 4.68 Å². The van der Waals surface area contributed by atoms with Gasteiger partial charge in [0, 0.05) is 18.8 Å². The molecule has 0 spiro atoms. The van der Waals surface area contributed by atoms with Crippen molar-refractivity contribution in [1.82, 2.24) is 15.1 Å². The van der Waals surface area contributed by atoms with Gasteiger partial charge in [-0.1, -0.05) is 12.8 Å². The summed E-state index contributed by atoms with van der Waals surface area (Å²) in [6.45, 7) is 4.30. The van der Waals surface area contributed by atoms with Gasteiger partial charge >= 0.3 is 0 Å². The summed E-state index contributed by atoms with van der Waals surface area (Å²) < 4.78 is 2.00. The summed E-state index contributed by atoms with van der Waals surface area (Å²) in [4.78, 5) is 0. The number of nitrogens with zero attached hydrogens (tertiary/aromatic N) is 2. The Hall–Kier alpha value is -0.830. The van der Waals surface area contributed by atoms with E-state index in [0.29, 0.717) is 6.04 Å². The van der Waals surface area contributed by atoms with Crippen LogP contribution in [0.4, 0.5) is 0 Å². The van der Waals surface area contributed by atoms with Gasteiger partial charge in [-0.25, -0.2) is 0 Å². The molecule has 1 aliphatic carbocycles. The first-order valence-corrected chi connectivity index (χ1v) is 7.28. The topological polar surface area (TPSA) is 29.9 Å². The number of hydrogen-bond acceptors (Lipinski definition) is 2. The molecule has 3 nitrogen and oxygen atoms in total. The molecule has 1 saturated carbocycles. The summed E-state index contributed by atoms with van der Waals surface area (Å²) in [7, 11) is 4.13. The highest BCUT2D eigenvalue weighted by atomic mass is 15.3. The Morgan fingerprint density at radius 1 is 1.33 bits per heavy atom. The van der Waals surface area contributed by atoms with Gasteiger partial charge in [-0.05, 0) is 58.1 Å². The van der Waals surface area contributed by atoms with Crippen LogP contribution in [-0.4, -0.2) is 22.9 Å². The number of aryl methyl sites for hydroxylation is 2. The van der Waals surface area contributed by atoms with Crippen molar-refractivity contribution in [2.75, 3.05) is 7.05 Å². The molecular weight excluding hydrogens is 222 g/mol. The third-order valence-corrected chi connectivity index (χ3v) is 4.43. The van der Waals surface area contributed by atoms with E-state index >= 15 is 0 Å². The molecular formula is C15H27N3. The lowest BCUT2D eigenvalue weighted by molar-refractivity contribution is 0.460. The van der Waals surface area contributed by atoms with Crippen LogP contribution in [-0.2, 0) is 13.5 Å². The largest absolute Gasteiger partial charge is 0.317 e. The molecule has 0 amide bonds. The summed E-state index contributed by atoms with van der Waals surface area (Å²) >= 11 is 0. The maximum absolute atomic E-state index is 4.49. The van der Waals surface area contributed by atoms with Gasteiger partial charge in [-0.2, -0.15) is 5.10 Å². The van der Waals surface area contributed by atoms with Crippen LogP contribution >= 0.6 is 0 Å². The zero-order valence-electron chi connectivity index (χ0n) is 12.3. The van der Waals surface area contributed by atoms with Crippen LogP contribution in [0.2, 0.25) is 0 Å². The highest BCUT2D eigenvalue weighted by Crippen LogP contribution is 2.34. The summed E-state index contributed by atoms with van der Waals surface area (Å²) in [5.41, 5.74) is 3.97. The highest BCUT2D eigenvalue weighted by molar-refractivity contribution is 5.24. The maximum atomic E-state index is 4.49. The fraction of sp³-hybridized carbons (Fsp3) is 0.800. The third kappa shape index (κ3) is 3.35. The predicted octanol–water partition coefficient (Wildman–Crippen LogP) is 2.75. The molecule has 1 atom stereocenters. The lowest BCUT2D eigenvalue weighted by Crippen LogP contribution is -2.26. The van der Waals surface area contributed by atoms with Crippen molar-refractivity contribution >= 4 is 0 Å². The molecule has 1 N–H and O–H groups in total. The molecule has 1 aromatic heterocycles. The van der Waals surface area contributed by atoms with Crippen molar-refractivity contribution in [3.63, 3.8) is 0 Å². The lowest BCUT2D eigenvalue weighted by Gasteiger charge is -2.16. The van der Waals surface area contributed by atoms with Crippen molar-refractivity contribution in [3.05, 3.63) is 17.0 Å². The van der Waals surface area contributed by atoms with E-state index in [-0.39, 0.29) is 0 Å². The Bertz CT molecular complexity index is 391. The molecule has 1 aromatic rings. The zero-order chi connectivity index (χ0) is 13.1. The van der Waals surface area contributed by atoms with E-state index in [1.54, 1.807) is 0 Å². The normalized spacial score (nSPS) is 17.1. The van der Waals surface area contributed by atoms with E-state index in [1.165, 1.54) is 49.1 Å². The smallest absolute Gasteiger partial charge is 0.0628 e. The van der Waals surface area contributed by atoms with E-state index in [2.05, 4.69) is 31.3 Å². The monoisotopic (exact) mass is 249 g/mol. The second-order valence-electron chi connectivity index (χ2n) is 5.82. The SMILES string of the molecule is CNC(CCc1c(C)nn(C)c1C)CCC1CC1. The van der Waals surface area contributed by atoms with Crippen molar-refractivity contribution in [2.45, 2.75) is 58.4 Å². The summed E-state index contributed by atoms with van der Waals surface area (Å²) in [5.74, 6) is 1.04. The standard InChI is InChI=1S/C15H27N3/c1-11-15(12(2)18(4)17-11)10-9-14(16-3)8-7-13-5-6-13/h13-14,16H,5-10H2,1-4H3. The summed E-state index contributed by atoms with van der Waals surface area (Å²) in [6.07, 6.45) is 8.07. The van der Waals surface area contributed by atoms with Gasteiger partial charge in [0.15, 0.2) is 0 Å². The third-order valence-electron chi connectivity index (χ3n) is 4.43. The molecule has 0 radical (unpaired) electrons. The van der Waals surface area contributed by atoms with Crippen LogP contribution < -0.4 is 5.32 Å². The van der Waals surface area contributed by atoms with E-state index in [0.717, 1.165) is 12.3 Å². The van der Waals surface area contributed by atoms with Crippen LogP contribution in [0, 0.1) is 19.8 Å². The zero-order valence-corrected chi connectivity index (χ0v) is 12.3. The van der Waals surface area contributed by atoms with Gasteiger partial charge in [0.2, 0.25) is 0 Å². The number of aromatic nitrogens is 2. The molecule has 0 aliphatic heterocycles. The average molecular weight is 249 g/mol. The second kappa shape index (κ2) is 5.87. The van der Waals surface area contributed by atoms with Crippen molar-refractivity contribution in [2.24, 2.45) is 13.0 Å². The quantitative estimate of drug-likeness (QED) is 0.805. The number of hydrogen-bond donors (Lipinski definition) is 1. The van der Waals surface area contributed by atoms with E-state index < -0.39 is 0 Å². The maximum Gasteiger partial charge on any atom is 0.0628 e. The minimum Gasteiger partial charge on any atom is -0.317 e. The Balaban J connectivity index is 1.83. The molecule has 1 fully saturated rings. The Morgan fingerprint density at radius 3 is 2.56 bits per heavy atom. The fourth-order valence-electron chi connectivity index (χ4n) is 2.77. The minimum atomic E-state index is 0.671. The van der Waals surface area contributed by atoms with E-state index in [1.807, 2.05) is 11.7 Å². The van der Waals surface area contributed by atoms with Gasteiger partial charge in [0.1, 0.15) is 0 Å². The van der Waals surface area contributed by atoms with Gasteiger partial charge in [0.05, 0.1) is 5.69 Å². The molecule has 0 bridgehead atoms. The highest BCUT2D eigenvalue weighted by Gasteiger charge is 2.22. The first-order valence-electron chi connectivity index (χ1n) is 7.28. The van der Waals surface area contributed by atoms with Gasteiger partial charge < -0.3 is 5.32 Å². The Morgan fingerprint density at radius 2 is 2.06 bits per heavy atom. The molecule has 1 aliphatic rings. The first kappa shape index (κ1) is 13.6. The molecule has 1 heterocycles. The van der Waals surface area contributed by atoms with Crippen molar-refractivity contribution < 1.29 is 0 Å². The van der Waals surface area contributed by atoms with E-state index in [4.69, 9.17) is 0 Å². The number of nitrogens with one attached hydrogen (secondary N) is 1. The van der Waals surface area contributed by atoms with Crippen LogP contribution in [0.15, 0.2) is 0 Å². The van der Waals surface area contributed by atoms with Crippen LogP contribution in [0.3, 0.4) is 0 Å². The molecule has 18 heavy (non-hydrogen) atoms. The molecule has 102 valence electrons. The molecule has 2 rings (SSSR count). The fourth-order valence-corrected chi connectivity index (χ4v) is 2.77. The molecule has 3 heteroatoms. The molecule has 0 aromatic carbocycles. The lowest BCUT2D eigenvalue weighted by atomic mass is 9.99. The average Bonchev–Trinajstić information content (AvgIpc) is 3.12. The van der Waals surface area contributed by atoms with Crippen LogP contribution in [0.5, 0.6) is 0 Å². The summed E-state index contributed by atoms with van der Waals surface area (Å²) in [6, 6.07) is 0.671. The Labute approximate surface area is 111 Å². The Kier molecular flexibility index (Phi) is 4.44. The van der Waals surface area contributed by atoms with Crippen LogP contribution in [0.25, 0.3) is 0 Å². The predicted molar refractivity (Wildman–Crippen MR) is 75.8 cm³/mol. The van der Waals surface area contributed by atoms with Crippen LogP contribution in [0.1, 0.15) is 49.1 Å². The van der Waals surface area contributed by atoms with Gasteiger partial charge in [0.25, 0.3) is 0 Å². The van der Waals surface area contributed by atoms with Crippen molar-refractivity contribution in [3.8, 4) is 0 Å². The second-order valence-corrected chi connectivity index (χ2v) is 5.82. The number of rotatable bonds is 7. The molecule has 0 saturated heterocycles. The van der Waals surface area contributed by atoms with Gasteiger partial charge in [-0.15, -0.1) is 0 Å². The first-order chi connectivity index (χ1) is 8.61. The minimum absolute atomic E-state index is 0.671. The molecule has 1 unspecified atom stereocenters. The van der Waals surface area contributed by atoms with E-state index in [9.17, 15) is 0 Å². The summed E-state index contributed by atoms with van der Waals surface area (Å²) in [5, 5.41) is 7.97. The van der Waals surface area contributed by atoms with Crippen molar-refractivity contribution in [1.29, 1.82) is 0 Å².